The third-order valence-corrected chi connectivity index (χ3v) is 4.61. The molecule has 1 aromatic rings. The van der Waals surface area contributed by atoms with Crippen molar-refractivity contribution in [2.24, 2.45) is 0 Å². The van der Waals surface area contributed by atoms with Crippen LogP contribution in [0.5, 0.6) is 5.75 Å². The van der Waals surface area contributed by atoms with Crippen molar-refractivity contribution in [2.75, 3.05) is 23.7 Å². The molecule has 1 fully saturated rings. The van der Waals surface area contributed by atoms with Gasteiger partial charge in [-0.15, -0.1) is 0 Å². The van der Waals surface area contributed by atoms with Crippen molar-refractivity contribution in [3.05, 3.63) is 24.0 Å². The Bertz CT molecular complexity index is 515. The second-order valence-corrected chi connectivity index (χ2v) is 5.90. The number of rotatable bonds is 2. The number of halogens is 1. The molecular formula is C11H14FNO3S. The standard InChI is InChI=1S/C11H14FNO3S/c1-16-10-6-4-5-9(12)11(10)13-7-2-3-8-17(13,14)15/h4-6H,2-3,7-8H2,1H3. The van der Waals surface area contributed by atoms with E-state index in [-0.39, 0.29) is 17.2 Å². The lowest BCUT2D eigenvalue weighted by atomic mass is 10.2. The molecule has 0 radical (unpaired) electrons. The van der Waals surface area contributed by atoms with E-state index in [4.69, 9.17) is 4.74 Å². The maximum atomic E-state index is 13.8. The molecule has 4 nitrogen and oxygen atoms in total. The molecule has 0 spiro atoms. The zero-order valence-electron chi connectivity index (χ0n) is 9.52. The first-order valence-electron chi connectivity index (χ1n) is 5.39. The van der Waals surface area contributed by atoms with E-state index in [2.05, 4.69) is 0 Å². The van der Waals surface area contributed by atoms with E-state index in [1.54, 1.807) is 6.07 Å². The highest BCUT2D eigenvalue weighted by molar-refractivity contribution is 7.92. The van der Waals surface area contributed by atoms with Gasteiger partial charge in [-0.3, -0.25) is 4.31 Å². The Labute approximate surface area is 100 Å². The van der Waals surface area contributed by atoms with Gasteiger partial charge in [-0.1, -0.05) is 6.07 Å². The van der Waals surface area contributed by atoms with Gasteiger partial charge in [0, 0.05) is 6.54 Å². The van der Waals surface area contributed by atoms with Crippen LogP contribution < -0.4 is 9.04 Å². The summed E-state index contributed by atoms with van der Waals surface area (Å²) in [5, 5.41) is 0. The molecular weight excluding hydrogens is 245 g/mol. The number of anilines is 1. The molecule has 0 amide bonds. The average molecular weight is 259 g/mol. The van der Waals surface area contributed by atoms with Crippen LogP contribution in [0.3, 0.4) is 0 Å². The smallest absolute Gasteiger partial charge is 0.235 e. The second-order valence-electron chi connectivity index (χ2n) is 3.89. The molecule has 1 aliphatic heterocycles. The third-order valence-electron chi connectivity index (χ3n) is 2.77. The summed E-state index contributed by atoms with van der Waals surface area (Å²) in [6.45, 7) is 0.305. The van der Waals surface area contributed by atoms with Crippen molar-refractivity contribution in [2.45, 2.75) is 12.8 Å². The van der Waals surface area contributed by atoms with Crippen LogP contribution in [0.25, 0.3) is 0 Å². The summed E-state index contributed by atoms with van der Waals surface area (Å²) in [6.07, 6.45) is 1.35. The molecule has 0 atom stereocenters. The van der Waals surface area contributed by atoms with Crippen molar-refractivity contribution in [3.8, 4) is 5.75 Å². The van der Waals surface area contributed by atoms with Gasteiger partial charge in [-0.25, -0.2) is 12.8 Å². The SMILES string of the molecule is COc1cccc(F)c1N1CCCCS1(=O)=O. The maximum absolute atomic E-state index is 13.8. The Balaban J connectivity index is 2.52. The van der Waals surface area contributed by atoms with Crippen molar-refractivity contribution < 1.29 is 17.5 Å². The summed E-state index contributed by atoms with van der Waals surface area (Å²) in [6, 6.07) is 4.29. The number of ether oxygens (including phenoxy) is 1. The molecule has 1 heterocycles. The number of benzene rings is 1. The van der Waals surface area contributed by atoms with Crippen molar-refractivity contribution in [1.29, 1.82) is 0 Å². The van der Waals surface area contributed by atoms with Crippen LogP contribution in [0.1, 0.15) is 12.8 Å². The molecule has 0 N–H and O–H groups in total. The minimum Gasteiger partial charge on any atom is -0.494 e. The largest absolute Gasteiger partial charge is 0.494 e. The summed E-state index contributed by atoms with van der Waals surface area (Å²) in [4.78, 5) is 0. The lowest BCUT2D eigenvalue weighted by Crippen LogP contribution is -2.38. The van der Waals surface area contributed by atoms with E-state index in [1.807, 2.05) is 0 Å². The summed E-state index contributed by atoms with van der Waals surface area (Å²) in [5.74, 6) is -0.268. The predicted octanol–water partition coefficient (Wildman–Crippen LogP) is 1.76. The molecule has 1 aromatic carbocycles. The summed E-state index contributed by atoms with van der Waals surface area (Å²) in [5.41, 5.74) is 0.0229. The highest BCUT2D eigenvalue weighted by Crippen LogP contribution is 2.34. The zero-order chi connectivity index (χ0) is 12.5. The van der Waals surface area contributed by atoms with E-state index in [0.717, 1.165) is 10.7 Å². The molecule has 0 aromatic heterocycles. The van der Waals surface area contributed by atoms with Gasteiger partial charge in [0.1, 0.15) is 11.4 Å². The number of sulfonamides is 1. The lowest BCUT2D eigenvalue weighted by Gasteiger charge is -2.29. The summed E-state index contributed by atoms with van der Waals surface area (Å²) in [7, 11) is -2.02. The predicted molar refractivity (Wildman–Crippen MR) is 63.3 cm³/mol. The fraction of sp³-hybridized carbons (Fsp3) is 0.455. The van der Waals surface area contributed by atoms with Crippen LogP contribution in [0.15, 0.2) is 18.2 Å². The highest BCUT2D eigenvalue weighted by Gasteiger charge is 2.30. The van der Waals surface area contributed by atoms with E-state index in [1.165, 1.54) is 19.2 Å². The van der Waals surface area contributed by atoms with Gasteiger partial charge in [0.2, 0.25) is 10.0 Å². The zero-order valence-corrected chi connectivity index (χ0v) is 10.3. The summed E-state index contributed by atoms with van der Waals surface area (Å²) >= 11 is 0. The minimum absolute atomic E-state index is 0.0229. The first-order valence-corrected chi connectivity index (χ1v) is 7.00. The molecule has 94 valence electrons. The molecule has 1 aliphatic rings. The lowest BCUT2D eigenvalue weighted by molar-refractivity contribution is 0.411. The molecule has 17 heavy (non-hydrogen) atoms. The minimum atomic E-state index is -3.42. The van der Waals surface area contributed by atoms with Crippen LogP contribution in [0, 0.1) is 5.82 Å². The number of para-hydroxylation sites is 1. The van der Waals surface area contributed by atoms with Gasteiger partial charge in [0.25, 0.3) is 0 Å². The van der Waals surface area contributed by atoms with Crippen LogP contribution in [0.4, 0.5) is 10.1 Å². The normalized spacial score (nSPS) is 19.1. The van der Waals surface area contributed by atoms with Crippen molar-refractivity contribution in [1.82, 2.24) is 0 Å². The van der Waals surface area contributed by atoms with Gasteiger partial charge in [0.15, 0.2) is 5.82 Å². The number of nitrogens with zero attached hydrogens (tertiary/aromatic N) is 1. The van der Waals surface area contributed by atoms with Crippen LogP contribution in [-0.2, 0) is 10.0 Å². The molecule has 1 saturated heterocycles. The molecule has 0 saturated carbocycles. The van der Waals surface area contributed by atoms with Gasteiger partial charge >= 0.3 is 0 Å². The maximum Gasteiger partial charge on any atom is 0.235 e. The average Bonchev–Trinajstić information content (AvgIpc) is 2.29. The fourth-order valence-corrected chi connectivity index (χ4v) is 3.59. The van der Waals surface area contributed by atoms with Crippen molar-refractivity contribution >= 4 is 15.7 Å². The monoisotopic (exact) mass is 259 g/mol. The second kappa shape index (κ2) is 4.52. The number of methoxy groups -OCH3 is 1. The van der Waals surface area contributed by atoms with Crippen molar-refractivity contribution in [3.63, 3.8) is 0 Å². The van der Waals surface area contributed by atoms with Crippen LogP contribution in [0.2, 0.25) is 0 Å². The third kappa shape index (κ3) is 2.22. The summed E-state index contributed by atoms with van der Waals surface area (Å²) < 4.78 is 43.7. The molecule has 0 bridgehead atoms. The first-order chi connectivity index (χ1) is 8.06. The molecule has 2 rings (SSSR count). The Morgan fingerprint density at radius 1 is 1.35 bits per heavy atom. The Morgan fingerprint density at radius 3 is 2.76 bits per heavy atom. The van der Waals surface area contributed by atoms with Crippen LogP contribution in [-0.4, -0.2) is 27.8 Å². The van der Waals surface area contributed by atoms with E-state index in [0.29, 0.717) is 13.0 Å². The van der Waals surface area contributed by atoms with Gasteiger partial charge < -0.3 is 4.74 Å². The Kier molecular flexibility index (Phi) is 3.24. The first kappa shape index (κ1) is 12.2. The van der Waals surface area contributed by atoms with Crippen LogP contribution >= 0.6 is 0 Å². The van der Waals surface area contributed by atoms with Gasteiger partial charge in [-0.2, -0.15) is 0 Å². The van der Waals surface area contributed by atoms with Gasteiger partial charge in [0.05, 0.1) is 12.9 Å². The Morgan fingerprint density at radius 2 is 2.12 bits per heavy atom. The number of hydrogen-bond donors (Lipinski definition) is 0. The Hall–Kier alpha value is -1.30. The van der Waals surface area contributed by atoms with E-state index < -0.39 is 15.8 Å². The fourth-order valence-electron chi connectivity index (χ4n) is 1.94. The molecule has 0 unspecified atom stereocenters. The van der Waals surface area contributed by atoms with E-state index in [9.17, 15) is 12.8 Å². The topological polar surface area (TPSA) is 46.6 Å². The van der Waals surface area contributed by atoms with E-state index >= 15 is 0 Å². The number of hydrogen-bond acceptors (Lipinski definition) is 3. The van der Waals surface area contributed by atoms with Gasteiger partial charge in [-0.05, 0) is 25.0 Å². The quantitative estimate of drug-likeness (QED) is 0.813. The molecule has 0 aliphatic carbocycles. The molecule has 6 heteroatoms. The highest BCUT2D eigenvalue weighted by atomic mass is 32.2.